The number of carbonyl (C=O) groups is 1. The average Bonchev–Trinajstić information content (AvgIpc) is 2.68. The molecule has 3 N–H and O–H groups in total. The number of nitrogens with zero attached hydrogens (tertiary/aromatic N) is 4. The van der Waals surface area contributed by atoms with Gasteiger partial charge in [-0.2, -0.15) is 0 Å². The Kier molecular flexibility index (Phi) is 3.14. The monoisotopic (exact) mass is 248 g/mol. The third-order valence-electron chi connectivity index (χ3n) is 2.76. The molecule has 0 aliphatic rings. The molecule has 0 radical (unpaired) electrons. The number of carbonyl (C=O) groups excluding carboxylic acids is 1. The summed E-state index contributed by atoms with van der Waals surface area (Å²) in [6.45, 7) is 5.67. The van der Waals surface area contributed by atoms with Gasteiger partial charge in [-0.25, -0.2) is 4.98 Å². The number of anilines is 1. The lowest BCUT2D eigenvalue weighted by Gasteiger charge is -2.19. The van der Waals surface area contributed by atoms with Gasteiger partial charge in [0, 0.05) is 12.4 Å². The average molecular weight is 248 g/mol. The van der Waals surface area contributed by atoms with E-state index in [4.69, 9.17) is 5.73 Å². The minimum Gasteiger partial charge on any atom is -0.368 e. The number of nitrogens with two attached hydrogens (primary N) is 1. The molecule has 0 fully saturated rings. The first kappa shape index (κ1) is 12.3. The van der Waals surface area contributed by atoms with Crippen molar-refractivity contribution in [1.82, 2.24) is 19.6 Å². The van der Waals surface area contributed by atoms with Crippen LogP contribution in [-0.4, -0.2) is 31.5 Å². The van der Waals surface area contributed by atoms with Crippen LogP contribution in [-0.2, 0) is 4.79 Å². The van der Waals surface area contributed by atoms with Crippen LogP contribution in [0.2, 0.25) is 0 Å². The Morgan fingerprint density at radius 3 is 2.78 bits per heavy atom. The number of hydrogen-bond acceptors (Lipinski definition) is 5. The van der Waals surface area contributed by atoms with Crippen LogP contribution in [0.25, 0.3) is 5.65 Å². The Bertz CT molecular complexity index is 576. The van der Waals surface area contributed by atoms with Crippen LogP contribution in [0.3, 0.4) is 0 Å². The fourth-order valence-corrected chi connectivity index (χ4v) is 1.76. The lowest BCUT2D eigenvalue weighted by molar-refractivity contribution is -0.119. The van der Waals surface area contributed by atoms with Crippen LogP contribution in [0.4, 0.5) is 5.82 Å². The predicted octanol–water partition coefficient (Wildman–Crippen LogP) is 0.355. The van der Waals surface area contributed by atoms with E-state index >= 15 is 0 Å². The van der Waals surface area contributed by atoms with Crippen molar-refractivity contribution < 1.29 is 4.79 Å². The van der Waals surface area contributed by atoms with Gasteiger partial charge in [0.2, 0.25) is 11.6 Å². The summed E-state index contributed by atoms with van der Waals surface area (Å²) in [4.78, 5) is 15.6. The number of rotatable bonds is 4. The van der Waals surface area contributed by atoms with Gasteiger partial charge in [-0.15, -0.1) is 10.2 Å². The van der Waals surface area contributed by atoms with Gasteiger partial charge in [0.15, 0.2) is 5.82 Å². The van der Waals surface area contributed by atoms with E-state index in [9.17, 15) is 4.79 Å². The zero-order chi connectivity index (χ0) is 13.3. The fraction of sp³-hybridized carbons (Fsp3) is 0.455. The van der Waals surface area contributed by atoms with E-state index in [1.807, 2.05) is 20.8 Å². The third kappa shape index (κ3) is 2.11. The molecule has 18 heavy (non-hydrogen) atoms. The number of primary amides is 1. The zero-order valence-electron chi connectivity index (χ0n) is 10.6. The largest absolute Gasteiger partial charge is 0.368 e. The smallest absolute Gasteiger partial charge is 0.240 e. The van der Waals surface area contributed by atoms with Gasteiger partial charge in [0.25, 0.3) is 0 Å². The molecule has 1 amide bonds. The zero-order valence-corrected chi connectivity index (χ0v) is 10.6. The first-order chi connectivity index (χ1) is 8.50. The highest BCUT2D eigenvalue weighted by atomic mass is 16.1. The van der Waals surface area contributed by atoms with Crippen molar-refractivity contribution in [2.75, 3.05) is 5.32 Å². The normalized spacial score (nSPS) is 12.9. The summed E-state index contributed by atoms with van der Waals surface area (Å²) in [5.41, 5.74) is 5.95. The Hall–Kier alpha value is -2.18. The summed E-state index contributed by atoms with van der Waals surface area (Å²) in [5, 5.41) is 11.0. The van der Waals surface area contributed by atoms with Crippen molar-refractivity contribution in [3.05, 3.63) is 18.2 Å². The Morgan fingerprint density at radius 1 is 1.44 bits per heavy atom. The van der Waals surface area contributed by atoms with Crippen molar-refractivity contribution in [3.63, 3.8) is 0 Å². The number of hydrogen-bond donors (Lipinski definition) is 2. The Morgan fingerprint density at radius 2 is 2.17 bits per heavy atom. The topological polar surface area (TPSA) is 98.2 Å². The molecule has 1 atom stereocenters. The minimum absolute atomic E-state index is 0.0635. The molecule has 1 unspecified atom stereocenters. The quantitative estimate of drug-likeness (QED) is 0.813. The first-order valence-corrected chi connectivity index (χ1v) is 5.73. The van der Waals surface area contributed by atoms with Gasteiger partial charge >= 0.3 is 0 Å². The van der Waals surface area contributed by atoms with Crippen LogP contribution in [0.15, 0.2) is 12.4 Å². The van der Waals surface area contributed by atoms with E-state index in [0.29, 0.717) is 11.5 Å². The van der Waals surface area contributed by atoms with Gasteiger partial charge < -0.3 is 11.1 Å². The molecule has 0 aromatic carbocycles. The maximum atomic E-state index is 11.4. The van der Waals surface area contributed by atoms with Crippen molar-refractivity contribution in [2.24, 2.45) is 11.7 Å². The molecule has 2 aromatic rings. The molecule has 0 spiro atoms. The second kappa shape index (κ2) is 4.59. The maximum absolute atomic E-state index is 11.4. The molecule has 7 nitrogen and oxygen atoms in total. The van der Waals surface area contributed by atoms with Gasteiger partial charge in [-0.1, -0.05) is 13.8 Å². The lowest BCUT2D eigenvalue weighted by Crippen LogP contribution is -2.39. The molecule has 2 aromatic heterocycles. The van der Waals surface area contributed by atoms with E-state index in [1.54, 1.807) is 16.8 Å². The molecule has 2 heterocycles. The summed E-state index contributed by atoms with van der Waals surface area (Å²) in [6.07, 6.45) is 3.40. The molecule has 0 aliphatic carbocycles. The van der Waals surface area contributed by atoms with Crippen LogP contribution >= 0.6 is 0 Å². The summed E-state index contributed by atoms with van der Waals surface area (Å²) >= 11 is 0. The number of amides is 1. The van der Waals surface area contributed by atoms with Gasteiger partial charge in [-0.05, 0) is 12.8 Å². The summed E-state index contributed by atoms with van der Waals surface area (Å²) in [5.74, 6) is 0.921. The molecule has 2 rings (SSSR count). The molecule has 0 saturated carbocycles. The molecule has 96 valence electrons. The summed E-state index contributed by atoms with van der Waals surface area (Å²) in [7, 11) is 0. The van der Waals surface area contributed by atoms with Crippen molar-refractivity contribution in [1.29, 1.82) is 0 Å². The lowest BCUT2D eigenvalue weighted by atomic mass is 10.0. The number of fused-ring (bicyclic) bond motifs is 1. The summed E-state index contributed by atoms with van der Waals surface area (Å²) < 4.78 is 1.80. The van der Waals surface area contributed by atoms with Crippen LogP contribution < -0.4 is 11.1 Å². The van der Waals surface area contributed by atoms with E-state index in [2.05, 4.69) is 20.5 Å². The highest BCUT2D eigenvalue weighted by Gasteiger charge is 2.21. The molecule has 0 saturated heterocycles. The Balaban J connectivity index is 2.39. The molecule has 0 bridgehead atoms. The van der Waals surface area contributed by atoms with Gasteiger partial charge in [0.1, 0.15) is 11.9 Å². The highest BCUT2D eigenvalue weighted by Crippen LogP contribution is 2.15. The first-order valence-electron chi connectivity index (χ1n) is 5.73. The van der Waals surface area contributed by atoms with Crippen molar-refractivity contribution in [2.45, 2.75) is 26.8 Å². The predicted molar refractivity (Wildman–Crippen MR) is 67.0 cm³/mol. The van der Waals surface area contributed by atoms with Crippen molar-refractivity contribution >= 4 is 17.4 Å². The SMILES string of the molecule is Cc1nnc2c(NC(C(N)=O)C(C)C)nccn12. The molecular formula is C11H16N6O. The van der Waals surface area contributed by atoms with Crippen molar-refractivity contribution in [3.8, 4) is 0 Å². The molecule has 7 heteroatoms. The van der Waals surface area contributed by atoms with Gasteiger partial charge in [0.05, 0.1) is 0 Å². The standard InChI is InChI=1S/C11H16N6O/c1-6(2)8(9(12)18)14-10-11-16-15-7(3)17(11)5-4-13-10/h4-6,8H,1-3H3,(H2,12,18)(H,13,14). The van der Waals surface area contributed by atoms with Gasteiger partial charge in [-0.3, -0.25) is 9.20 Å². The second-order valence-electron chi connectivity index (χ2n) is 4.49. The van der Waals surface area contributed by atoms with Crippen LogP contribution in [0, 0.1) is 12.8 Å². The number of aryl methyl sites for hydroxylation is 1. The van der Waals surface area contributed by atoms with E-state index in [-0.39, 0.29) is 5.92 Å². The molecular weight excluding hydrogens is 232 g/mol. The highest BCUT2D eigenvalue weighted by molar-refractivity contribution is 5.84. The van der Waals surface area contributed by atoms with E-state index in [0.717, 1.165) is 5.82 Å². The van der Waals surface area contributed by atoms with E-state index in [1.165, 1.54) is 0 Å². The minimum atomic E-state index is -0.485. The Labute approximate surface area is 104 Å². The second-order valence-corrected chi connectivity index (χ2v) is 4.49. The van der Waals surface area contributed by atoms with Crippen LogP contribution in [0.5, 0.6) is 0 Å². The molecule has 0 aliphatic heterocycles. The summed E-state index contributed by atoms with van der Waals surface area (Å²) in [6, 6.07) is -0.485. The fourth-order valence-electron chi connectivity index (χ4n) is 1.76. The van der Waals surface area contributed by atoms with E-state index < -0.39 is 11.9 Å². The third-order valence-corrected chi connectivity index (χ3v) is 2.76. The number of nitrogens with one attached hydrogen (secondary N) is 1. The maximum Gasteiger partial charge on any atom is 0.240 e. The van der Waals surface area contributed by atoms with Crippen LogP contribution in [0.1, 0.15) is 19.7 Å². The number of aromatic nitrogens is 4.